The lowest BCUT2D eigenvalue weighted by Gasteiger charge is -2.38. The van der Waals surface area contributed by atoms with Gasteiger partial charge in [0.25, 0.3) is 0 Å². The first-order valence-corrected chi connectivity index (χ1v) is 7.09. The van der Waals surface area contributed by atoms with Crippen molar-refractivity contribution in [2.75, 3.05) is 26.2 Å². The van der Waals surface area contributed by atoms with Crippen molar-refractivity contribution < 1.29 is 24.6 Å². The first kappa shape index (κ1) is 17.2. The van der Waals surface area contributed by atoms with E-state index in [1.165, 1.54) is 4.90 Å². The molecule has 2 amide bonds. The largest absolute Gasteiger partial charge is 0.481 e. The number of hydrogen-bond acceptors (Lipinski definition) is 4. The molecule has 0 aromatic carbocycles. The summed E-state index contributed by atoms with van der Waals surface area (Å²) >= 11 is 0. The Morgan fingerprint density at radius 3 is 2.14 bits per heavy atom. The number of aliphatic carboxylic acids is 2. The van der Waals surface area contributed by atoms with Gasteiger partial charge < -0.3 is 20.4 Å². The van der Waals surface area contributed by atoms with Gasteiger partial charge in [-0.3, -0.25) is 9.69 Å². The third-order valence-corrected chi connectivity index (χ3v) is 3.79. The van der Waals surface area contributed by atoms with Crippen molar-refractivity contribution in [3.8, 4) is 0 Å². The van der Waals surface area contributed by atoms with Gasteiger partial charge >= 0.3 is 18.0 Å². The van der Waals surface area contributed by atoms with Gasteiger partial charge in [0.1, 0.15) is 6.04 Å². The second-order valence-electron chi connectivity index (χ2n) is 5.22. The first-order chi connectivity index (χ1) is 9.85. The van der Waals surface area contributed by atoms with Gasteiger partial charge in [0, 0.05) is 32.2 Å². The molecule has 21 heavy (non-hydrogen) atoms. The van der Waals surface area contributed by atoms with Crippen LogP contribution in [0.1, 0.15) is 26.7 Å². The van der Waals surface area contributed by atoms with Crippen LogP contribution in [0.5, 0.6) is 0 Å². The van der Waals surface area contributed by atoms with Crippen LogP contribution in [0.3, 0.4) is 0 Å². The van der Waals surface area contributed by atoms with Crippen molar-refractivity contribution in [1.82, 2.24) is 15.1 Å². The van der Waals surface area contributed by atoms with Gasteiger partial charge in [0.05, 0.1) is 6.42 Å². The number of hydrogen-bond donors (Lipinski definition) is 3. The zero-order valence-electron chi connectivity index (χ0n) is 12.4. The predicted molar refractivity (Wildman–Crippen MR) is 75.1 cm³/mol. The maximum Gasteiger partial charge on any atom is 0.326 e. The van der Waals surface area contributed by atoms with Crippen LogP contribution >= 0.6 is 0 Å². The number of rotatable bonds is 6. The van der Waals surface area contributed by atoms with Gasteiger partial charge in [-0.2, -0.15) is 0 Å². The number of piperazine rings is 1. The molecule has 120 valence electrons. The van der Waals surface area contributed by atoms with Gasteiger partial charge in [-0.15, -0.1) is 0 Å². The Balaban J connectivity index is 2.49. The number of carbonyl (C=O) groups excluding carboxylic acids is 1. The Morgan fingerprint density at radius 2 is 1.71 bits per heavy atom. The standard InChI is InChI=1S/C13H23N3O5/c1-3-9(2)15-4-6-16(7-5-15)13(21)14-10(12(19)20)8-11(17)18/h9-10H,3-8H2,1-2H3,(H,14,21)(H,17,18)(H,19,20)/t9?,10-/m0/s1. The van der Waals surface area contributed by atoms with Crippen LogP contribution in [0.2, 0.25) is 0 Å². The lowest BCUT2D eigenvalue weighted by molar-refractivity contribution is -0.145. The van der Waals surface area contributed by atoms with Gasteiger partial charge in [0.2, 0.25) is 0 Å². The molecule has 0 spiro atoms. The zero-order chi connectivity index (χ0) is 16.0. The minimum atomic E-state index is -1.40. The average molecular weight is 301 g/mol. The highest BCUT2D eigenvalue weighted by Gasteiger charge is 2.28. The Hall–Kier alpha value is -1.83. The van der Waals surface area contributed by atoms with E-state index in [9.17, 15) is 14.4 Å². The molecule has 0 aromatic rings. The third kappa shape index (κ3) is 5.22. The van der Waals surface area contributed by atoms with E-state index >= 15 is 0 Å². The molecule has 3 N–H and O–H groups in total. The van der Waals surface area contributed by atoms with Crippen molar-refractivity contribution in [1.29, 1.82) is 0 Å². The zero-order valence-corrected chi connectivity index (χ0v) is 12.4. The highest BCUT2D eigenvalue weighted by Crippen LogP contribution is 2.09. The van der Waals surface area contributed by atoms with Crippen LogP contribution < -0.4 is 5.32 Å². The van der Waals surface area contributed by atoms with Gasteiger partial charge in [0.15, 0.2) is 0 Å². The van der Waals surface area contributed by atoms with E-state index in [0.29, 0.717) is 19.1 Å². The summed E-state index contributed by atoms with van der Waals surface area (Å²) in [6.45, 7) is 6.72. The lowest BCUT2D eigenvalue weighted by Crippen LogP contribution is -2.56. The maximum absolute atomic E-state index is 12.0. The summed E-state index contributed by atoms with van der Waals surface area (Å²) in [5, 5.41) is 19.8. The highest BCUT2D eigenvalue weighted by molar-refractivity contribution is 5.86. The Morgan fingerprint density at radius 1 is 1.14 bits per heavy atom. The predicted octanol–water partition coefficient (Wildman–Crippen LogP) is 0.0400. The smallest absolute Gasteiger partial charge is 0.326 e. The number of carboxylic acid groups (broad SMARTS) is 2. The van der Waals surface area contributed by atoms with Crippen LogP contribution in [0, 0.1) is 0 Å². The van der Waals surface area contributed by atoms with Gasteiger partial charge in [-0.05, 0) is 13.3 Å². The van der Waals surface area contributed by atoms with Crippen LogP contribution in [0.4, 0.5) is 4.79 Å². The second-order valence-corrected chi connectivity index (χ2v) is 5.22. The molecule has 8 heteroatoms. The summed E-state index contributed by atoms with van der Waals surface area (Å²) in [5.41, 5.74) is 0. The van der Waals surface area contributed by atoms with E-state index in [4.69, 9.17) is 10.2 Å². The molecular weight excluding hydrogens is 278 g/mol. The fraction of sp³-hybridized carbons (Fsp3) is 0.769. The summed E-state index contributed by atoms with van der Waals surface area (Å²) in [5.74, 6) is -2.60. The summed E-state index contributed by atoms with van der Waals surface area (Å²) in [6.07, 6.45) is 0.403. The summed E-state index contributed by atoms with van der Waals surface area (Å²) in [6, 6.07) is -1.47. The lowest BCUT2D eigenvalue weighted by atomic mass is 10.2. The summed E-state index contributed by atoms with van der Waals surface area (Å²) < 4.78 is 0. The molecule has 8 nitrogen and oxygen atoms in total. The fourth-order valence-electron chi connectivity index (χ4n) is 2.24. The number of carboxylic acids is 2. The quantitative estimate of drug-likeness (QED) is 0.639. The van der Waals surface area contributed by atoms with Gasteiger partial charge in [-0.25, -0.2) is 9.59 Å². The molecule has 0 saturated carbocycles. The molecule has 0 aliphatic carbocycles. The van der Waals surface area contributed by atoms with Crippen molar-refractivity contribution in [3.63, 3.8) is 0 Å². The van der Waals surface area contributed by atoms with E-state index in [-0.39, 0.29) is 0 Å². The molecule has 1 fully saturated rings. The molecule has 1 aliphatic rings. The normalized spacial score (nSPS) is 18.9. The first-order valence-electron chi connectivity index (χ1n) is 7.09. The van der Waals surface area contributed by atoms with Crippen molar-refractivity contribution in [2.24, 2.45) is 0 Å². The molecule has 0 bridgehead atoms. The number of carbonyl (C=O) groups is 3. The topological polar surface area (TPSA) is 110 Å². The molecule has 0 aromatic heterocycles. The average Bonchev–Trinajstić information content (AvgIpc) is 2.45. The minimum absolute atomic E-state index is 0.453. The van der Waals surface area contributed by atoms with Crippen LogP contribution in [0.25, 0.3) is 0 Å². The molecule has 0 radical (unpaired) electrons. The van der Waals surface area contributed by atoms with Crippen molar-refractivity contribution in [3.05, 3.63) is 0 Å². The Bertz CT molecular complexity index is 393. The molecule has 1 saturated heterocycles. The maximum atomic E-state index is 12.0. The molecule has 1 aliphatic heterocycles. The fourth-order valence-corrected chi connectivity index (χ4v) is 2.24. The second kappa shape index (κ2) is 7.82. The number of amides is 2. The Kier molecular flexibility index (Phi) is 6.41. The van der Waals surface area contributed by atoms with E-state index in [1.807, 2.05) is 0 Å². The number of urea groups is 1. The minimum Gasteiger partial charge on any atom is -0.481 e. The summed E-state index contributed by atoms with van der Waals surface area (Å²) in [4.78, 5) is 37.3. The van der Waals surface area contributed by atoms with Gasteiger partial charge in [-0.1, -0.05) is 6.92 Å². The van der Waals surface area contributed by atoms with Crippen LogP contribution in [-0.4, -0.2) is 76.2 Å². The molecule has 1 heterocycles. The Labute approximate surface area is 123 Å². The van der Waals surface area contributed by atoms with Crippen LogP contribution in [-0.2, 0) is 9.59 Å². The van der Waals surface area contributed by atoms with E-state index in [0.717, 1.165) is 19.5 Å². The monoisotopic (exact) mass is 301 g/mol. The number of nitrogens with zero attached hydrogens (tertiary/aromatic N) is 2. The van der Waals surface area contributed by atoms with E-state index in [2.05, 4.69) is 24.1 Å². The summed E-state index contributed by atoms with van der Waals surface area (Å²) in [7, 11) is 0. The molecule has 2 atom stereocenters. The van der Waals surface area contributed by atoms with E-state index in [1.54, 1.807) is 0 Å². The molecular formula is C13H23N3O5. The molecule has 1 rings (SSSR count). The molecule has 1 unspecified atom stereocenters. The number of nitrogens with one attached hydrogen (secondary N) is 1. The SMILES string of the molecule is CCC(C)N1CCN(C(=O)N[C@@H](CC(=O)O)C(=O)O)CC1. The van der Waals surface area contributed by atoms with Crippen molar-refractivity contribution in [2.45, 2.75) is 38.8 Å². The third-order valence-electron chi connectivity index (χ3n) is 3.79. The van der Waals surface area contributed by atoms with Crippen molar-refractivity contribution >= 4 is 18.0 Å². The highest BCUT2D eigenvalue weighted by atomic mass is 16.4. The van der Waals surface area contributed by atoms with E-state index < -0.39 is 30.4 Å². The van der Waals surface area contributed by atoms with Crippen LogP contribution in [0.15, 0.2) is 0 Å².